The smallest absolute Gasteiger partial charge is 0.270 e. The van der Waals surface area contributed by atoms with Crippen LogP contribution >= 0.6 is 23.5 Å². The average Bonchev–Trinajstić information content (AvgIpc) is 2.94. The Morgan fingerprint density at radius 3 is 2.79 bits per heavy atom. The molecule has 2 aliphatic rings. The van der Waals surface area contributed by atoms with Crippen LogP contribution in [0.1, 0.15) is 35.3 Å². The molecule has 0 saturated carbocycles. The molecule has 2 N–H and O–H groups in total. The number of hydrogen-bond donors (Lipinski definition) is 2. The van der Waals surface area contributed by atoms with Gasteiger partial charge < -0.3 is 5.32 Å². The van der Waals surface area contributed by atoms with Gasteiger partial charge in [-0.05, 0) is 36.0 Å². The first-order valence-corrected chi connectivity index (χ1v) is 11.6. The van der Waals surface area contributed by atoms with Crippen molar-refractivity contribution in [3.8, 4) is 0 Å². The third-order valence-electron chi connectivity index (χ3n) is 5.37. The normalized spacial score (nSPS) is 20.6. The molecule has 4 heterocycles. The Kier molecular flexibility index (Phi) is 4.68. The number of pyridine rings is 1. The zero-order valence-corrected chi connectivity index (χ0v) is 16.8. The molecule has 0 bridgehead atoms. The van der Waals surface area contributed by atoms with Gasteiger partial charge in [0.2, 0.25) is 5.91 Å². The first kappa shape index (κ1) is 17.9. The van der Waals surface area contributed by atoms with Crippen LogP contribution in [0.2, 0.25) is 0 Å². The lowest BCUT2D eigenvalue weighted by atomic mass is 10.0. The highest BCUT2D eigenvalue weighted by Crippen LogP contribution is 2.43. The number of carbonyl (C=O) groups is 1. The maximum Gasteiger partial charge on any atom is 0.270 e. The molecule has 1 saturated heterocycles. The van der Waals surface area contributed by atoms with Gasteiger partial charge in [-0.1, -0.05) is 24.3 Å². The van der Waals surface area contributed by atoms with E-state index in [0.29, 0.717) is 17.1 Å². The molecule has 2 aromatic heterocycles. The van der Waals surface area contributed by atoms with Crippen LogP contribution < -0.4 is 10.9 Å². The van der Waals surface area contributed by atoms with Crippen LogP contribution in [-0.2, 0) is 4.79 Å². The van der Waals surface area contributed by atoms with Gasteiger partial charge in [0, 0.05) is 11.6 Å². The second-order valence-corrected chi connectivity index (χ2v) is 9.40. The number of thioether (sulfide) groups is 2. The molecular weight excluding hydrogens is 392 g/mol. The van der Waals surface area contributed by atoms with Crippen LogP contribution in [0.15, 0.2) is 41.3 Å². The van der Waals surface area contributed by atoms with Crippen LogP contribution in [0.3, 0.4) is 0 Å². The molecule has 1 unspecified atom stereocenters. The summed E-state index contributed by atoms with van der Waals surface area (Å²) in [5, 5.41) is 6.82. The zero-order chi connectivity index (χ0) is 19.1. The number of para-hydroxylation sites is 1. The van der Waals surface area contributed by atoms with Crippen molar-refractivity contribution in [1.82, 2.24) is 14.8 Å². The van der Waals surface area contributed by atoms with E-state index in [4.69, 9.17) is 0 Å². The molecule has 8 heteroatoms. The predicted octanol–water partition coefficient (Wildman–Crippen LogP) is 3.57. The number of nitrogens with one attached hydrogen (secondary N) is 2. The van der Waals surface area contributed by atoms with E-state index in [1.54, 1.807) is 6.20 Å². The second-order valence-electron chi connectivity index (χ2n) is 7.08. The van der Waals surface area contributed by atoms with E-state index in [-0.39, 0.29) is 22.8 Å². The second kappa shape index (κ2) is 7.33. The maximum absolute atomic E-state index is 13.0. The summed E-state index contributed by atoms with van der Waals surface area (Å²) in [7, 11) is 0. The fraction of sp³-hybridized carbons (Fsp3) is 0.350. The van der Waals surface area contributed by atoms with Crippen LogP contribution in [0.4, 0.5) is 5.82 Å². The zero-order valence-electron chi connectivity index (χ0n) is 15.2. The Morgan fingerprint density at radius 1 is 1.11 bits per heavy atom. The van der Waals surface area contributed by atoms with Crippen molar-refractivity contribution in [2.45, 2.75) is 24.1 Å². The lowest BCUT2D eigenvalue weighted by Gasteiger charge is -2.24. The summed E-state index contributed by atoms with van der Waals surface area (Å²) in [5.41, 5.74) is 2.36. The molecule has 1 atom stereocenters. The SMILES string of the molecule is O=C1CSC(c2cccc3cccnc23)c2c(n(C3CCSCC3)[nH]c2=O)N1. The fourth-order valence-electron chi connectivity index (χ4n) is 4.05. The first-order chi connectivity index (χ1) is 13.7. The van der Waals surface area contributed by atoms with Gasteiger partial charge in [0.1, 0.15) is 5.82 Å². The fourth-order valence-corrected chi connectivity index (χ4v) is 6.27. The van der Waals surface area contributed by atoms with Crippen LogP contribution in [0, 0.1) is 0 Å². The molecule has 6 nitrogen and oxygen atoms in total. The van der Waals surface area contributed by atoms with Gasteiger partial charge in [-0.25, -0.2) is 0 Å². The largest absolute Gasteiger partial charge is 0.310 e. The summed E-state index contributed by atoms with van der Waals surface area (Å²) in [4.78, 5) is 30.1. The highest BCUT2D eigenvalue weighted by molar-refractivity contribution is 8.00. The van der Waals surface area contributed by atoms with E-state index in [1.807, 2.05) is 46.8 Å². The minimum atomic E-state index is -0.240. The lowest BCUT2D eigenvalue weighted by molar-refractivity contribution is -0.113. The van der Waals surface area contributed by atoms with Gasteiger partial charge in [0.05, 0.1) is 28.1 Å². The number of aromatic amines is 1. The van der Waals surface area contributed by atoms with Gasteiger partial charge >= 0.3 is 0 Å². The monoisotopic (exact) mass is 412 g/mol. The average molecular weight is 413 g/mol. The highest BCUT2D eigenvalue weighted by Gasteiger charge is 2.33. The van der Waals surface area contributed by atoms with Crippen molar-refractivity contribution in [3.05, 3.63) is 58.0 Å². The topological polar surface area (TPSA) is 79.8 Å². The molecular formula is C20H20N4O2S2. The standard InChI is InChI=1S/C20H20N4O2S2/c25-15-11-28-18(14-5-1-3-12-4-2-8-21-17(12)14)16-19(22-15)24(23-20(16)26)13-6-9-27-10-7-13/h1-5,8,13,18H,6-7,9-11H2,(H,22,25)(H,23,26). The molecule has 1 amide bonds. The Hall–Kier alpha value is -2.19. The Bertz CT molecular complexity index is 1100. The molecule has 144 valence electrons. The molecule has 0 radical (unpaired) electrons. The van der Waals surface area contributed by atoms with Crippen LogP contribution in [0.25, 0.3) is 10.9 Å². The van der Waals surface area contributed by atoms with E-state index in [1.165, 1.54) is 11.8 Å². The van der Waals surface area contributed by atoms with E-state index >= 15 is 0 Å². The van der Waals surface area contributed by atoms with Gasteiger partial charge in [-0.2, -0.15) is 11.8 Å². The Morgan fingerprint density at radius 2 is 1.93 bits per heavy atom. The summed E-state index contributed by atoms with van der Waals surface area (Å²) in [6, 6.07) is 10.2. The number of nitrogens with zero attached hydrogens (tertiary/aromatic N) is 2. The van der Waals surface area contributed by atoms with Crippen molar-refractivity contribution in [2.75, 3.05) is 22.6 Å². The predicted molar refractivity (Wildman–Crippen MR) is 115 cm³/mol. The van der Waals surface area contributed by atoms with Gasteiger partial charge in [-0.15, -0.1) is 11.8 Å². The molecule has 0 spiro atoms. The number of H-pyrrole nitrogens is 1. The molecule has 3 aromatic rings. The Labute approximate surface area is 170 Å². The molecule has 1 fully saturated rings. The number of carbonyl (C=O) groups excluding carboxylic acids is 1. The van der Waals surface area contributed by atoms with Crippen molar-refractivity contribution in [2.24, 2.45) is 0 Å². The van der Waals surface area contributed by atoms with Crippen molar-refractivity contribution in [3.63, 3.8) is 0 Å². The molecule has 28 heavy (non-hydrogen) atoms. The van der Waals surface area contributed by atoms with Crippen molar-refractivity contribution < 1.29 is 4.79 Å². The third-order valence-corrected chi connectivity index (χ3v) is 7.67. The highest BCUT2D eigenvalue weighted by atomic mass is 32.2. The van der Waals surface area contributed by atoms with Gasteiger partial charge in [0.15, 0.2) is 0 Å². The first-order valence-electron chi connectivity index (χ1n) is 9.39. The maximum atomic E-state index is 13.0. The minimum Gasteiger partial charge on any atom is -0.310 e. The molecule has 0 aliphatic carbocycles. The van der Waals surface area contributed by atoms with E-state index in [2.05, 4.69) is 15.4 Å². The number of anilines is 1. The number of aromatic nitrogens is 3. The lowest BCUT2D eigenvalue weighted by Crippen LogP contribution is -2.22. The van der Waals surface area contributed by atoms with Gasteiger partial charge in [-0.3, -0.25) is 24.4 Å². The summed E-state index contributed by atoms with van der Waals surface area (Å²) >= 11 is 3.42. The van der Waals surface area contributed by atoms with E-state index in [0.717, 1.165) is 40.8 Å². The Balaban J connectivity index is 1.68. The number of fused-ring (bicyclic) bond motifs is 2. The summed E-state index contributed by atoms with van der Waals surface area (Å²) < 4.78 is 1.91. The molecule has 1 aromatic carbocycles. The summed E-state index contributed by atoms with van der Waals surface area (Å²) in [5.74, 6) is 3.01. The quantitative estimate of drug-likeness (QED) is 0.673. The summed E-state index contributed by atoms with van der Waals surface area (Å²) in [6.07, 6.45) is 3.75. The van der Waals surface area contributed by atoms with Crippen LogP contribution in [0.5, 0.6) is 0 Å². The number of hydrogen-bond acceptors (Lipinski definition) is 5. The van der Waals surface area contributed by atoms with Crippen molar-refractivity contribution in [1.29, 1.82) is 0 Å². The number of benzene rings is 1. The van der Waals surface area contributed by atoms with Crippen LogP contribution in [-0.4, -0.2) is 37.9 Å². The third kappa shape index (κ3) is 3.04. The number of amides is 1. The minimum absolute atomic E-state index is 0.0696. The van der Waals surface area contributed by atoms with E-state index < -0.39 is 0 Å². The van der Waals surface area contributed by atoms with Gasteiger partial charge in [0.25, 0.3) is 5.56 Å². The van der Waals surface area contributed by atoms with E-state index in [9.17, 15) is 9.59 Å². The molecule has 2 aliphatic heterocycles. The summed E-state index contributed by atoms with van der Waals surface area (Å²) in [6.45, 7) is 0. The van der Waals surface area contributed by atoms with Crippen molar-refractivity contribution >= 4 is 46.2 Å². The number of rotatable bonds is 2. The molecule has 5 rings (SSSR count).